The van der Waals surface area contributed by atoms with Crippen LogP contribution in [-0.2, 0) is 14.3 Å². The lowest BCUT2D eigenvalue weighted by Crippen LogP contribution is -2.38. The number of nitro groups is 1. The van der Waals surface area contributed by atoms with E-state index in [9.17, 15) is 33.7 Å². The SMILES string of the molecule is O=C(Nc1cccc([N+](=O)[O-])c1)C(=O)[C@@H](C(=O)c1ccccc1F)[C@@H]1OC(=O)c2ccccc21. The van der Waals surface area contributed by atoms with Gasteiger partial charge in [0.1, 0.15) is 17.8 Å². The number of Topliss-reactive ketones (excluding diaryl/α,β-unsaturated/α-hetero) is 2. The molecule has 34 heavy (non-hydrogen) atoms. The second-order valence-electron chi connectivity index (χ2n) is 7.36. The summed E-state index contributed by atoms with van der Waals surface area (Å²) in [4.78, 5) is 61.9. The fourth-order valence-corrected chi connectivity index (χ4v) is 3.67. The second-order valence-corrected chi connectivity index (χ2v) is 7.36. The van der Waals surface area contributed by atoms with E-state index in [1.54, 1.807) is 12.1 Å². The number of esters is 1. The van der Waals surface area contributed by atoms with Crippen LogP contribution in [-0.4, -0.2) is 28.4 Å². The van der Waals surface area contributed by atoms with E-state index in [2.05, 4.69) is 5.32 Å². The van der Waals surface area contributed by atoms with Crippen LogP contribution in [0.1, 0.15) is 32.4 Å². The molecule has 1 aliphatic rings. The molecule has 170 valence electrons. The highest BCUT2D eigenvalue weighted by Gasteiger charge is 2.46. The quantitative estimate of drug-likeness (QED) is 0.141. The predicted molar refractivity (Wildman–Crippen MR) is 116 cm³/mol. The standard InChI is InChI=1S/C24H15FN2O7/c25-18-11-4-3-10-17(18)20(28)19(22-15-8-1-2-9-16(15)24(31)34-22)21(29)23(30)26-13-6-5-7-14(12-13)27(32)33/h1-12,19,22H,(H,26,30)/t19-,22-/m1/s1. The van der Waals surface area contributed by atoms with Crippen molar-refractivity contribution in [2.24, 2.45) is 5.92 Å². The Morgan fingerprint density at radius 2 is 1.71 bits per heavy atom. The van der Waals surface area contributed by atoms with Gasteiger partial charge in [0.15, 0.2) is 5.78 Å². The lowest BCUT2D eigenvalue weighted by molar-refractivity contribution is -0.384. The van der Waals surface area contributed by atoms with Crippen molar-refractivity contribution in [3.8, 4) is 0 Å². The van der Waals surface area contributed by atoms with Gasteiger partial charge in [-0.05, 0) is 24.3 Å². The molecule has 0 bridgehead atoms. The lowest BCUT2D eigenvalue weighted by Gasteiger charge is -2.21. The monoisotopic (exact) mass is 462 g/mol. The summed E-state index contributed by atoms with van der Waals surface area (Å²) in [6, 6.07) is 15.8. The van der Waals surface area contributed by atoms with Gasteiger partial charge in [-0.3, -0.25) is 24.5 Å². The average molecular weight is 462 g/mol. The number of halogens is 1. The number of ether oxygens (including phenoxy) is 1. The number of cyclic esters (lactones) is 1. The average Bonchev–Trinajstić information content (AvgIpc) is 3.15. The van der Waals surface area contributed by atoms with Crippen LogP contribution >= 0.6 is 0 Å². The summed E-state index contributed by atoms with van der Waals surface area (Å²) in [7, 11) is 0. The number of nitrogens with one attached hydrogen (secondary N) is 1. The maximum atomic E-state index is 14.4. The summed E-state index contributed by atoms with van der Waals surface area (Å²) in [5, 5.41) is 13.2. The van der Waals surface area contributed by atoms with E-state index in [4.69, 9.17) is 4.74 Å². The summed E-state index contributed by atoms with van der Waals surface area (Å²) >= 11 is 0. The van der Waals surface area contributed by atoms with Crippen molar-refractivity contribution >= 4 is 34.8 Å². The van der Waals surface area contributed by atoms with Crippen LogP contribution < -0.4 is 5.32 Å². The number of ketones is 2. The molecule has 3 aromatic carbocycles. The lowest BCUT2D eigenvalue weighted by atomic mass is 9.84. The number of amides is 1. The van der Waals surface area contributed by atoms with Gasteiger partial charge in [0, 0.05) is 23.4 Å². The Bertz CT molecular complexity index is 1350. The molecule has 9 nitrogen and oxygen atoms in total. The number of benzene rings is 3. The highest BCUT2D eigenvalue weighted by atomic mass is 19.1. The fourth-order valence-electron chi connectivity index (χ4n) is 3.67. The van der Waals surface area contributed by atoms with Crippen molar-refractivity contribution in [3.63, 3.8) is 0 Å². The number of carbonyl (C=O) groups is 4. The zero-order valence-electron chi connectivity index (χ0n) is 17.3. The molecule has 2 atom stereocenters. The van der Waals surface area contributed by atoms with E-state index < -0.39 is 51.8 Å². The van der Waals surface area contributed by atoms with Crippen LogP contribution in [0.25, 0.3) is 0 Å². The maximum Gasteiger partial charge on any atom is 0.339 e. The number of non-ortho nitro benzene ring substituents is 1. The van der Waals surface area contributed by atoms with Gasteiger partial charge < -0.3 is 10.1 Å². The first kappa shape index (κ1) is 22.5. The molecule has 1 heterocycles. The molecule has 0 aliphatic carbocycles. The molecule has 1 N–H and O–H groups in total. The Hall–Kier alpha value is -4.73. The summed E-state index contributed by atoms with van der Waals surface area (Å²) in [5.74, 6) is -7.22. The van der Waals surface area contributed by atoms with Gasteiger partial charge in [-0.15, -0.1) is 0 Å². The van der Waals surface area contributed by atoms with Crippen LogP contribution in [0.2, 0.25) is 0 Å². The highest BCUT2D eigenvalue weighted by Crippen LogP contribution is 2.38. The Labute approximate surface area is 191 Å². The van der Waals surface area contributed by atoms with Crippen molar-refractivity contribution in [2.45, 2.75) is 6.10 Å². The van der Waals surface area contributed by atoms with Crippen molar-refractivity contribution in [1.82, 2.24) is 0 Å². The summed E-state index contributed by atoms with van der Waals surface area (Å²) in [6.07, 6.45) is -1.46. The molecule has 10 heteroatoms. The Morgan fingerprint density at radius 3 is 2.44 bits per heavy atom. The third kappa shape index (κ3) is 4.16. The zero-order valence-corrected chi connectivity index (χ0v) is 17.3. The van der Waals surface area contributed by atoms with Crippen LogP contribution in [0.15, 0.2) is 72.8 Å². The molecule has 4 rings (SSSR count). The number of fused-ring (bicyclic) bond motifs is 1. The normalized spacial score (nSPS) is 15.1. The number of carbonyl (C=O) groups excluding carboxylic acids is 4. The molecule has 0 saturated heterocycles. The first-order valence-corrected chi connectivity index (χ1v) is 9.96. The van der Waals surface area contributed by atoms with Crippen molar-refractivity contribution in [2.75, 3.05) is 5.32 Å². The van der Waals surface area contributed by atoms with Gasteiger partial charge in [0.2, 0.25) is 5.78 Å². The van der Waals surface area contributed by atoms with E-state index in [1.807, 2.05) is 0 Å². The van der Waals surface area contributed by atoms with E-state index in [1.165, 1.54) is 42.5 Å². The summed E-state index contributed by atoms with van der Waals surface area (Å²) < 4.78 is 19.7. The topological polar surface area (TPSA) is 133 Å². The second kappa shape index (κ2) is 9.02. The van der Waals surface area contributed by atoms with E-state index in [0.29, 0.717) is 0 Å². The number of nitrogens with zero attached hydrogens (tertiary/aromatic N) is 1. The van der Waals surface area contributed by atoms with Gasteiger partial charge in [-0.2, -0.15) is 0 Å². The molecule has 0 aromatic heterocycles. The summed E-state index contributed by atoms with van der Waals surface area (Å²) in [5.41, 5.74) is -0.523. The predicted octanol–water partition coefficient (Wildman–Crippen LogP) is 3.65. The third-order valence-electron chi connectivity index (χ3n) is 5.27. The van der Waals surface area contributed by atoms with Crippen LogP contribution in [0.3, 0.4) is 0 Å². The minimum atomic E-state index is -1.89. The minimum Gasteiger partial charge on any atom is -0.453 e. The molecule has 0 unspecified atom stereocenters. The third-order valence-corrected chi connectivity index (χ3v) is 5.27. The van der Waals surface area contributed by atoms with Gasteiger partial charge in [0.05, 0.1) is 16.1 Å². The maximum absolute atomic E-state index is 14.4. The summed E-state index contributed by atoms with van der Waals surface area (Å²) in [6.45, 7) is 0. The molecule has 3 aromatic rings. The van der Waals surface area contributed by atoms with Gasteiger partial charge in [0.25, 0.3) is 11.6 Å². The molecule has 0 radical (unpaired) electrons. The molecular weight excluding hydrogens is 447 g/mol. The van der Waals surface area contributed by atoms with Gasteiger partial charge in [-0.25, -0.2) is 9.18 Å². The Kier molecular flexibility index (Phi) is 5.96. The number of nitro benzene ring substituents is 1. The molecule has 0 fully saturated rings. The fraction of sp³-hybridized carbons (Fsp3) is 0.0833. The van der Waals surface area contributed by atoms with Crippen molar-refractivity contribution in [1.29, 1.82) is 0 Å². The number of hydrogen-bond donors (Lipinski definition) is 1. The first-order chi connectivity index (χ1) is 16.3. The Balaban J connectivity index is 1.72. The largest absolute Gasteiger partial charge is 0.453 e. The van der Waals surface area contributed by atoms with E-state index in [-0.39, 0.29) is 22.5 Å². The number of rotatable bonds is 7. The van der Waals surface area contributed by atoms with Crippen LogP contribution in [0.4, 0.5) is 15.8 Å². The molecule has 1 amide bonds. The van der Waals surface area contributed by atoms with Gasteiger partial charge in [-0.1, -0.05) is 36.4 Å². The van der Waals surface area contributed by atoms with Gasteiger partial charge >= 0.3 is 5.97 Å². The van der Waals surface area contributed by atoms with Crippen molar-refractivity contribution in [3.05, 3.63) is 105 Å². The van der Waals surface area contributed by atoms with E-state index in [0.717, 1.165) is 18.2 Å². The van der Waals surface area contributed by atoms with Crippen LogP contribution in [0, 0.1) is 21.8 Å². The molecular formula is C24H15FN2O7. The van der Waals surface area contributed by atoms with Crippen molar-refractivity contribution < 1.29 is 33.2 Å². The smallest absolute Gasteiger partial charge is 0.339 e. The molecule has 0 spiro atoms. The van der Waals surface area contributed by atoms with E-state index >= 15 is 0 Å². The van der Waals surface area contributed by atoms with Crippen LogP contribution in [0.5, 0.6) is 0 Å². The molecule has 0 saturated carbocycles. The molecule has 1 aliphatic heterocycles. The highest BCUT2D eigenvalue weighted by molar-refractivity contribution is 6.45. The number of hydrogen-bond acceptors (Lipinski definition) is 7. The first-order valence-electron chi connectivity index (χ1n) is 9.96. The number of anilines is 1. The zero-order chi connectivity index (χ0) is 24.4. The minimum absolute atomic E-state index is 0.0616. The Morgan fingerprint density at radius 1 is 1.00 bits per heavy atom.